The van der Waals surface area contributed by atoms with Gasteiger partial charge < -0.3 is 25.2 Å². The second kappa shape index (κ2) is 24.3. The highest BCUT2D eigenvalue weighted by Gasteiger charge is 2.53. The van der Waals surface area contributed by atoms with Crippen molar-refractivity contribution in [3.63, 3.8) is 0 Å². The molecule has 236 valence electrons. The summed E-state index contributed by atoms with van der Waals surface area (Å²) in [6.45, 7) is 5.69. The molecule has 0 aromatic heterocycles. The normalized spacial score (nSPS) is 15.3. The van der Waals surface area contributed by atoms with Crippen LogP contribution in [0.4, 0.5) is 0 Å². The average molecular weight is 573 g/mol. The van der Waals surface area contributed by atoms with Gasteiger partial charge in [-0.15, -0.1) is 0 Å². The lowest BCUT2D eigenvalue weighted by Gasteiger charge is -2.37. The molecule has 8 nitrogen and oxygen atoms in total. The number of rotatable bonds is 28. The molecule has 0 aliphatic carbocycles. The molecule has 1 unspecified atom stereocenters. The first kappa shape index (κ1) is 38.6. The lowest BCUT2D eigenvalue weighted by atomic mass is 9.79. The smallest absolute Gasteiger partial charge is 0.305 e. The fourth-order valence-corrected chi connectivity index (χ4v) is 4.89. The van der Waals surface area contributed by atoms with Crippen molar-refractivity contribution in [1.29, 1.82) is 0 Å². The third kappa shape index (κ3) is 16.2. The van der Waals surface area contributed by atoms with E-state index in [4.69, 9.17) is 4.74 Å². The first-order valence-corrected chi connectivity index (χ1v) is 16.1. The van der Waals surface area contributed by atoms with Crippen LogP contribution >= 0.6 is 0 Å². The van der Waals surface area contributed by atoms with Crippen LogP contribution in [0, 0.1) is 0 Å². The Balaban J connectivity index is 5.13. The van der Waals surface area contributed by atoms with Crippen molar-refractivity contribution in [2.75, 3.05) is 6.61 Å². The summed E-state index contributed by atoms with van der Waals surface area (Å²) in [5.41, 5.74) is -2.88. The van der Waals surface area contributed by atoms with Gasteiger partial charge in [0.25, 0.3) is 0 Å². The van der Waals surface area contributed by atoms with Crippen LogP contribution in [0.15, 0.2) is 0 Å². The summed E-state index contributed by atoms with van der Waals surface area (Å²) >= 11 is 0. The summed E-state index contributed by atoms with van der Waals surface area (Å²) in [4.78, 5) is 38.0. The maximum atomic E-state index is 13.1. The first-order valence-electron chi connectivity index (χ1n) is 16.1. The second-order valence-corrected chi connectivity index (χ2v) is 11.4. The maximum absolute atomic E-state index is 13.1. The number of hydrogen-bond acceptors (Lipinski definition) is 8. The van der Waals surface area contributed by atoms with E-state index in [0.29, 0.717) is 19.3 Å². The van der Waals surface area contributed by atoms with Gasteiger partial charge in [-0.25, -0.2) is 0 Å². The molecule has 0 rings (SSSR count). The van der Waals surface area contributed by atoms with Crippen LogP contribution in [0.25, 0.3) is 0 Å². The SMILES string of the molecule is CCCCCCCCC(=O)OC[C@@H](O)[C@H](O)[C@](O)(C(=O)CCCCCCCC)C(O)C(=O)CCCCCCCC. The molecule has 0 aromatic rings. The van der Waals surface area contributed by atoms with Crippen molar-refractivity contribution in [2.45, 2.75) is 180 Å². The molecular formula is C32H60O8. The summed E-state index contributed by atoms with van der Waals surface area (Å²) in [6.07, 6.45) is 10.5. The highest BCUT2D eigenvalue weighted by atomic mass is 16.5. The van der Waals surface area contributed by atoms with Crippen molar-refractivity contribution < 1.29 is 39.5 Å². The summed E-state index contributed by atoms with van der Waals surface area (Å²) in [5, 5.41) is 43.5. The molecule has 0 amide bonds. The van der Waals surface area contributed by atoms with Gasteiger partial charge in [0.1, 0.15) is 18.8 Å². The number of hydrogen-bond donors (Lipinski definition) is 4. The molecule has 4 atom stereocenters. The van der Waals surface area contributed by atoms with Gasteiger partial charge in [-0.3, -0.25) is 14.4 Å². The Hall–Kier alpha value is -1.35. The van der Waals surface area contributed by atoms with Crippen molar-refractivity contribution in [1.82, 2.24) is 0 Å². The van der Waals surface area contributed by atoms with E-state index in [2.05, 4.69) is 20.8 Å². The zero-order valence-electron chi connectivity index (χ0n) is 25.7. The number of Topliss-reactive ketones (excluding diaryl/α,β-unsaturated/α-hetero) is 2. The van der Waals surface area contributed by atoms with Crippen molar-refractivity contribution in [3.05, 3.63) is 0 Å². The molecule has 0 fully saturated rings. The molecule has 0 saturated heterocycles. The van der Waals surface area contributed by atoms with Crippen molar-refractivity contribution in [2.24, 2.45) is 0 Å². The number of carbonyl (C=O) groups excluding carboxylic acids is 3. The summed E-state index contributed by atoms with van der Waals surface area (Å²) in [6, 6.07) is 0. The van der Waals surface area contributed by atoms with E-state index in [1.165, 1.54) is 0 Å². The lowest BCUT2D eigenvalue weighted by molar-refractivity contribution is -0.195. The van der Waals surface area contributed by atoms with Gasteiger partial charge in [-0.2, -0.15) is 0 Å². The number of esters is 1. The van der Waals surface area contributed by atoms with E-state index >= 15 is 0 Å². The van der Waals surface area contributed by atoms with Gasteiger partial charge >= 0.3 is 5.97 Å². The molecule has 40 heavy (non-hydrogen) atoms. The minimum absolute atomic E-state index is 0.0457. The first-order chi connectivity index (χ1) is 19.2. The fourth-order valence-electron chi connectivity index (χ4n) is 4.89. The summed E-state index contributed by atoms with van der Waals surface area (Å²) in [7, 11) is 0. The van der Waals surface area contributed by atoms with Crippen LogP contribution in [0.3, 0.4) is 0 Å². The maximum Gasteiger partial charge on any atom is 0.305 e. The van der Waals surface area contributed by atoms with Gasteiger partial charge in [-0.05, 0) is 19.3 Å². The number of aliphatic hydroxyl groups excluding tert-OH is 3. The van der Waals surface area contributed by atoms with Gasteiger partial charge in [0.15, 0.2) is 23.3 Å². The van der Waals surface area contributed by atoms with E-state index in [-0.39, 0.29) is 19.3 Å². The Labute approximate surface area is 243 Å². The molecule has 0 heterocycles. The predicted octanol–water partition coefficient (Wildman–Crippen LogP) is 5.73. The summed E-state index contributed by atoms with van der Waals surface area (Å²) in [5.74, 6) is -2.19. The zero-order chi connectivity index (χ0) is 30.2. The topological polar surface area (TPSA) is 141 Å². The van der Waals surface area contributed by atoms with Crippen LogP contribution in [-0.2, 0) is 19.1 Å². The second-order valence-electron chi connectivity index (χ2n) is 11.4. The number of ketones is 2. The Morgan fingerprint density at radius 1 is 0.600 bits per heavy atom. The number of ether oxygens (including phenoxy) is 1. The molecule has 0 aromatic carbocycles. The Morgan fingerprint density at radius 3 is 1.48 bits per heavy atom. The Morgan fingerprint density at radius 2 is 1.00 bits per heavy atom. The lowest BCUT2D eigenvalue weighted by Crippen LogP contribution is -2.64. The molecule has 0 bridgehead atoms. The minimum atomic E-state index is -2.88. The molecule has 4 N–H and O–H groups in total. The van der Waals surface area contributed by atoms with Gasteiger partial charge in [0.2, 0.25) is 0 Å². The van der Waals surface area contributed by atoms with Crippen molar-refractivity contribution in [3.8, 4) is 0 Å². The molecule has 0 aliphatic rings. The minimum Gasteiger partial charge on any atom is -0.463 e. The predicted molar refractivity (Wildman–Crippen MR) is 158 cm³/mol. The quantitative estimate of drug-likeness (QED) is 0.0688. The number of aliphatic hydroxyl groups is 4. The third-order valence-electron chi connectivity index (χ3n) is 7.67. The van der Waals surface area contributed by atoms with Crippen LogP contribution < -0.4 is 0 Å². The number of unbranched alkanes of at least 4 members (excludes halogenated alkanes) is 15. The van der Waals surface area contributed by atoms with Gasteiger partial charge in [0, 0.05) is 19.3 Å². The molecule has 0 spiro atoms. The van der Waals surface area contributed by atoms with E-state index in [1.807, 2.05) is 0 Å². The van der Waals surface area contributed by atoms with Gasteiger partial charge in [-0.1, -0.05) is 117 Å². The largest absolute Gasteiger partial charge is 0.463 e. The monoisotopic (exact) mass is 572 g/mol. The van der Waals surface area contributed by atoms with Crippen LogP contribution in [0.5, 0.6) is 0 Å². The summed E-state index contributed by atoms with van der Waals surface area (Å²) < 4.78 is 5.08. The van der Waals surface area contributed by atoms with Gasteiger partial charge in [0.05, 0.1) is 0 Å². The molecule has 0 aliphatic heterocycles. The zero-order valence-corrected chi connectivity index (χ0v) is 25.7. The Kier molecular flexibility index (Phi) is 23.4. The average Bonchev–Trinajstić information content (AvgIpc) is 2.95. The number of carbonyl (C=O) groups is 3. The van der Waals surface area contributed by atoms with E-state index in [9.17, 15) is 34.8 Å². The highest BCUT2D eigenvalue weighted by molar-refractivity contribution is 5.96. The molecule has 0 saturated carbocycles. The standard InChI is InChI=1S/C32H60O8/c1-4-7-10-13-16-19-22-26(33)30(37)32(39,28(35)23-20-17-14-11-8-5-2)31(38)27(34)25-40-29(36)24-21-18-15-12-9-6-3/h27,30-31,34,37-39H,4-25H2,1-3H3/t27-,30?,31+,32+/m1/s1. The molecular weight excluding hydrogens is 512 g/mol. The highest BCUT2D eigenvalue weighted by Crippen LogP contribution is 2.26. The van der Waals surface area contributed by atoms with E-state index in [1.54, 1.807) is 0 Å². The molecule has 0 radical (unpaired) electrons. The fraction of sp³-hybridized carbons (Fsp3) is 0.906. The Bertz CT molecular complexity index is 667. The van der Waals surface area contributed by atoms with Crippen LogP contribution in [0.1, 0.15) is 156 Å². The van der Waals surface area contributed by atoms with Crippen molar-refractivity contribution >= 4 is 17.5 Å². The van der Waals surface area contributed by atoms with E-state index in [0.717, 1.165) is 96.3 Å². The van der Waals surface area contributed by atoms with E-state index < -0.39 is 48.1 Å². The van der Waals surface area contributed by atoms with Crippen LogP contribution in [0.2, 0.25) is 0 Å². The third-order valence-corrected chi connectivity index (χ3v) is 7.67. The van der Waals surface area contributed by atoms with Crippen LogP contribution in [-0.4, -0.2) is 68.5 Å². The molecule has 8 heteroatoms.